The molecule has 0 aliphatic rings. The van der Waals surface area contributed by atoms with Crippen LogP contribution in [-0.4, -0.2) is 101 Å². The predicted molar refractivity (Wildman–Crippen MR) is 203 cm³/mol. The van der Waals surface area contributed by atoms with Crippen molar-refractivity contribution < 1.29 is 43.4 Å². The quantitative estimate of drug-likeness (QED) is 0.0729. The maximum absolute atomic E-state index is 13.9. The van der Waals surface area contributed by atoms with Crippen molar-refractivity contribution in [3.63, 3.8) is 0 Å². The number of aromatic nitrogens is 1. The van der Waals surface area contributed by atoms with E-state index in [-0.39, 0.29) is 44.8 Å². The van der Waals surface area contributed by atoms with Gasteiger partial charge >= 0.3 is 12.1 Å². The number of ether oxygens (including phenoxy) is 1. The van der Waals surface area contributed by atoms with Crippen LogP contribution in [0.15, 0.2) is 60.8 Å². The van der Waals surface area contributed by atoms with Crippen molar-refractivity contribution in [1.29, 1.82) is 0 Å². The fraction of sp³-hybridized carbons (Fsp3) is 0.432. The minimum atomic E-state index is -1.62. The molecule has 0 unspecified atom stereocenters. The highest BCUT2D eigenvalue weighted by atomic mass is 32.2. The molecule has 292 valence electrons. The summed E-state index contributed by atoms with van der Waals surface area (Å²) in [5.74, 6) is -4.80. The molecule has 0 radical (unpaired) electrons. The first-order valence-electron chi connectivity index (χ1n) is 17.5. The number of aliphatic carboxylic acids is 1. The van der Waals surface area contributed by atoms with Gasteiger partial charge in [0.05, 0.1) is 13.0 Å². The van der Waals surface area contributed by atoms with Crippen LogP contribution < -0.4 is 32.3 Å². The molecule has 0 saturated carbocycles. The second-order valence-electron chi connectivity index (χ2n) is 13.0. The van der Waals surface area contributed by atoms with Gasteiger partial charge in [-0.25, -0.2) is 4.79 Å². The zero-order valence-corrected chi connectivity index (χ0v) is 31.3. The number of H-pyrrole nitrogens is 1. The van der Waals surface area contributed by atoms with Crippen LogP contribution in [-0.2, 0) is 46.3 Å². The summed E-state index contributed by atoms with van der Waals surface area (Å²) in [5.41, 5.74) is 7.75. The second kappa shape index (κ2) is 21.8. The van der Waals surface area contributed by atoms with Crippen LogP contribution in [0.5, 0.6) is 0 Å². The molecule has 0 aliphatic heterocycles. The number of carbonyl (C=O) groups is 7. The third kappa shape index (κ3) is 14.4. The van der Waals surface area contributed by atoms with Gasteiger partial charge in [-0.05, 0) is 41.5 Å². The van der Waals surface area contributed by atoms with E-state index in [1.807, 2.05) is 38.1 Å². The Labute approximate surface area is 317 Å². The maximum atomic E-state index is 13.9. The summed E-state index contributed by atoms with van der Waals surface area (Å²) in [5, 5.41) is 23.1. The molecule has 2 aromatic carbocycles. The number of benzene rings is 2. The molecule has 1 aromatic heterocycles. The smallest absolute Gasteiger partial charge is 0.407 e. The number of carboxylic acid groups (broad SMARTS) is 1. The van der Waals surface area contributed by atoms with E-state index in [0.29, 0.717) is 16.9 Å². The average molecular weight is 768 g/mol. The Kier molecular flexibility index (Phi) is 17.3. The van der Waals surface area contributed by atoms with Crippen molar-refractivity contribution in [2.75, 3.05) is 25.2 Å². The number of fused-ring (bicyclic) bond motifs is 1. The van der Waals surface area contributed by atoms with Gasteiger partial charge in [0, 0.05) is 42.9 Å². The molecule has 16 nitrogen and oxygen atoms in total. The molecular weight excluding hydrogens is 719 g/mol. The number of rotatable bonds is 22. The lowest BCUT2D eigenvalue weighted by Crippen LogP contribution is -2.59. The molecule has 1 heterocycles. The van der Waals surface area contributed by atoms with Gasteiger partial charge < -0.3 is 47.1 Å². The average Bonchev–Trinajstić information content (AvgIpc) is 3.54. The Bertz CT molecular complexity index is 1750. The minimum absolute atomic E-state index is 0.0300. The number of nitrogens with one attached hydrogen (secondary N) is 6. The Hall–Kier alpha value is -5.58. The molecule has 9 N–H and O–H groups in total. The van der Waals surface area contributed by atoms with Gasteiger partial charge in [-0.2, -0.15) is 11.8 Å². The largest absolute Gasteiger partial charge is 0.481 e. The Balaban J connectivity index is 1.78. The van der Waals surface area contributed by atoms with Gasteiger partial charge in [-0.15, -0.1) is 0 Å². The number of thioether (sulfide) groups is 1. The molecule has 0 spiro atoms. The number of hydrogen-bond acceptors (Lipinski definition) is 9. The van der Waals surface area contributed by atoms with Gasteiger partial charge in [0.15, 0.2) is 0 Å². The number of primary amides is 1. The third-order valence-electron chi connectivity index (χ3n) is 8.12. The summed E-state index contributed by atoms with van der Waals surface area (Å²) < 4.78 is 5.06. The summed E-state index contributed by atoms with van der Waals surface area (Å²) in [6.45, 7) is 3.92. The molecule has 0 fully saturated rings. The molecule has 3 rings (SSSR count). The first kappa shape index (κ1) is 42.8. The lowest BCUT2D eigenvalue weighted by molar-refractivity contribution is -0.141. The van der Waals surface area contributed by atoms with E-state index in [4.69, 9.17) is 10.5 Å². The lowest BCUT2D eigenvalue weighted by atomic mass is 10.0. The number of para-hydroxylation sites is 1. The first-order valence-corrected chi connectivity index (χ1v) is 18.9. The van der Waals surface area contributed by atoms with E-state index in [9.17, 15) is 38.7 Å². The van der Waals surface area contributed by atoms with Gasteiger partial charge in [0.25, 0.3) is 0 Å². The van der Waals surface area contributed by atoms with Crippen LogP contribution in [0.1, 0.15) is 44.2 Å². The zero-order valence-electron chi connectivity index (χ0n) is 30.5. The molecule has 0 saturated heterocycles. The monoisotopic (exact) mass is 767 g/mol. The molecule has 0 aliphatic carbocycles. The molecule has 6 amide bonds. The van der Waals surface area contributed by atoms with E-state index < -0.39 is 72.2 Å². The van der Waals surface area contributed by atoms with Crippen molar-refractivity contribution in [3.05, 3.63) is 71.9 Å². The third-order valence-corrected chi connectivity index (χ3v) is 8.76. The van der Waals surface area contributed by atoms with Crippen molar-refractivity contribution in [2.45, 2.75) is 70.1 Å². The SMILES string of the molecule is CSCC[C@H](NC(=O)[C@H](Cc1c[nH]c2ccccc12)NC(=O)CCNC(=O)OCC(C)C)C(=O)N[C@@H](CC(=O)O)C(=O)N[C@@H](Cc1ccccc1)C(N)=O. The van der Waals surface area contributed by atoms with E-state index in [1.165, 1.54) is 11.8 Å². The summed E-state index contributed by atoms with van der Waals surface area (Å²) in [6, 6.07) is 10.9. The lowest BCUT2D eigenvalue weighted by Gasteiger charge is -2.26. The Morgan fingerprint density at radius 3 is 2.11 bits per heavy atom. The van der Waals surface area contributed by atoms with Gasteiger partial charge in [-0.1, -0.05) is 62.4 Å². The zero-order chi connectivity index (χ0) is 39.6. The fourth-order valence-corrected chi connectivity index (χ4v) is 5.82. The van der Waals surface area contributed by atoms with Crippen LogP contribution in [0, 0.1) is 5.92 Å². The van der Waals surface area contributed by atoms with Crippen molar-refractivity contribution in [1.82, 2.24) is 31.6 Å². The summed E-state index contributed by atoms with van der Waals surface area (Å²) in [4.78, 5) is 93.0. The topological polar surface area (TPSA) is 251 Å². The van der Waals surface area contributed by atoms with Crippen molar-refractivity contribution in [3.8, 4) is 0 Å². The van der Waals surface area contributed by atoms with E-state index in [0.717, 1.165) is 10.9 Å². The molecule has 3 aromatic rings. The fourth-order valence-electron chi connectivity index (χ4n) is 5.35. The highest BCUT2D eigenvalue weighted by Gasteiger charge is 2.32. The van der Waals surface area contributed by atoms with Crippen molar-refractivity contribution in [2.24, 2.45) is 11.7 Å². The number of carboxylic acids is 1. The first-order chi connectivity index (χ1) is 25.8. The molecule has 54 heavy (non-hydrogen) atoms. The van der Waals surface area contributed by atoms with Gasteiger partial charge in [0.1, 0.15) is 24.2 Å². The van der Waals surface area contributed by atoms with Gasteiger partial charge in [0.2, 0.25) is 29.5 Å². The highest BCUT2D eigenvalue weighted by molar-refractivity contribution is 7.98. The van der Waals surface area contributed by atoms with E-state index in [2.05, 4.69) is 31.6 Å². The predicted octanol–water partition coefficient (Wildman–Crippen LogP) is 1.38. The number of amides is 6. The highest BCUT2D eigenvalue weighted by Crippen LogP contribution is 2.19. The van der Waals surface area contributed by atoms with Crippen LogP contribution in [0.25, 0.3) is 10.9 Å². The minimum Gasteiger partial charge on any atom is -0.481 e. The second-order valence-corrected chi connectivity index (χ2v) is 14.0. The number of aromatic amines is 1. The normalized spacial score (nSPS) is 13.2. The Morgan fingerprint density at radius 1 is 0.815 bits per heavy atom. The number of carbonyl (C=O) groups excluding carboxylic acids is 6. The van der Waals surface area contributed by atoms with Crippen LogP contribution in [0.2, 0.25) is 0 Å². The maximum Gasteiger partial charge on any atom is 0.407 e. The summed E-state index contributed by atoms with van der Waals surface area (Å²) in [7, 11) is 0. The van der Waals surface area contributed by atoms with E-state index >= 15 is 0 Å². The number of nitrogens with two attached hydrogens (primary N) is 1. The van der Waals surface area contributed by atoms with Crippen LogP contribution >= 0.6 is 11.8 Å². The molecule has 0 bridgehead atoms. The van der Waals surface area contributed by atoms with Crippen molar-refractivity contribution >= 4 is 64.3 Å². The summed E-state index contributed by atoms with van der Waals surface area (Å²) in [6.07, 6.45) is 1.99. The van der Waals surface area contributed by atoms with Crippen LogP contribution in [0.4, 0.5) is 4.79 Å². The molecule has 17 heteroatoms. The van der Waals surface area contributed by atoms with E-state index in [1.54, 1.807) is 42.8 Å². The van der Waals surface area contributed by atoms with Crippen LogP contribution in [0.3, 0.4) is 0 Å². The Morgan fingerprint density at radius 2 is 1.44 bits per heavy atom. The molecule has 4 atom stereocenters. The van der Waals surface area contributed by atoms with Gasteiger partial charge in [-0.3, -0.25) is 28.8 Å². The molecular formula is C37H49N7O9S. The number of alkyl carbamates (subject to hydrolysis) is 1. The standard InChI is InChI=1S/C37H49N7O9S/c1-22(2)21-53-37(52)39-15-13-31(45)41-29(18-24-20-40-26-12-8-7-11-25(24)26)35(50)42-27(14-16-54-3)34(49)44-30(19-32(46)47)36(51)43-28(33(38)48)17-23-9-5-4-6-10-23/h4-12,20,22,27-30,40H,13-19,21H2,1-3H3,(H2,38,48)(H,39,52)(H,41,45)(H,42,50)(H,43,51)(H,44,49)(H,46,47)/t27-,28-,29-,30-/m0/s1. The number of hydrogen-bond donors (Lipinski definition) is 8. The summed E-state index contributed by atoms with van der Waals surface area (Å²) >= 11 is 1.39.